The van der Waals surface area contributed by atoms with Crippen LogP contribution in [-0.4, -0.2) is 29.4 Å². The first-order chi connectivity index (χ1) is 10.2. The van der Waals surface area contributed by atoms with E-state index in [0.717, 1.165) is 0 Å². The van der Waals surface area contributed by atoms with Gasteiger partial charge in [-0.3, -0.25) is 0 Å². The molecule has 2 aromatic rings. The molecule has 1 aliphatic rings. The molecular weight excluding hydrogens is 272 g/mol. The molecule has 1 atom stereocenters. The van der Waals surface area contributed by atoms with Gasteiger partial charge in [-0.15, -0.1) is 0 Å². The van der Waals surface area contributed by atoms with Gasteiger partial charge in [0.15, 0.2) is 11.5 Å². The fourth-order valence-corrected chi connectivity index (χ4v) is 2.34. The minimum Gasteiger partial charge on any atom is -0.486 e. The van der Waals surface area contributed by atoms with Crippen LogP contribution in [0.2, 0.25) is 0 Å². The number of aromatic carboxylic acids is 1. The zero-order chi connectivity index (χ0) is 14.8. The van der Waals surface area contributed by atoms with Gasteiger partial charge in [0.2, 0.25) is 0 Å². The first-order valence-electron chi connectivity index (χ1n) is 6.56. The number of carboxylic acid groups (broad SMARTS) is 1. The van der Waals surface area contributed by atoms with Gasteiger partial charge in [-0.2, -0.15) is 0 Å². The highest BCUT2D eigenvalue weighted by molar-refractivity contribution is 5.89. The Bertz CT molecular complexity index is 680. The molecule has 0 saturated carbocycles. The van der Waals surface area contributed by atoms with Crippen LogP contribution >= 0.6 is 0 Å². The molecule has 5 nitrogen and oxygen atoms in total. The molecule has 0 radical (unpaired) electrons. The number of aliphatic hydroxyl groups is 1. The first kappa shape index (κ1) is 13.5. The molecular formula is C16H14O5. The van der Waals surface area contributed by atoms with Gasteiger partial charge in [0.1, 0.15) is 19.3 Å². The summed E-state index contributed by atoms with van der Waals surface area (Å²) in [5, 5.41) is 19.7. The minimum atomic E-state index is -1.07. The van der Waals surface area contributed by atoms with Gasteiger partial charge in [-0.05, 0) is 29.3 Å². The maximum Gasteiger partial charge on any atom is 0.336 e. The van der Waals surface area contributed by atoms with Crippen LogP contribution in [0.3, 0.4) is 0 Å². The highest BCUT2D eigenvalue weighted by atomic mass is 16.6. The number of carboxylic acids is 1. The van der Waals surface area contributed by atoms with Gasteiger partial charge in [0.05, 0.1) is 5.56 Å². The Balaban J connectivity index is 1.99. The molecule has 0 aromatic heterocycles. The first-order valence-corrected chi connectivity index (χ1v) is 6.56. The quantitative estimate of drug-likeness (QED) is 0.905. The van der Waals surface area contributed by atoms with Crippen LogP contribution < -0.4 is 9.47 Å². The fraction of sp³-hybridized carbons (Fsp3) is 0.188. The van der Waals surface area contributed by atoms with Crippen molar-refractivity contribution in [3.63, 3.8) is 0 Å². The van der Waals surface area contributed by atoms with Crippen LogP contribution in [0.5, 0.6) is 11.5 Å². The third-order valence-electron chi connectivity index (χ3n) is 3.37. The maximum absolute atomic E-state index is 11.2. The van der Waals surface area contributed by atoms with E-state index in [-0.39, 0.29) is 5.56 Å². The molecule has 2 N–H and O–H groups in total. The third kappa shape index (κ3) is 2.55. The molecule has 1 aliphatic heterocycles. The molecule has 0 bridgehead atoms. The lowest BCUT2D eigenvalue weighted by atomic mass is 9.96. The topological polar surface area (TPSA) is 76.0 Å². The van der Waals surface area contributed by atoms with Crippen LogP contribution in [-0.2, 0) is 0 Å². The van der Waals surface area contributed by atoms with E-state index in [0.29, 0.717) is 35.8 Å². The lowest BCUT2D eigenvalue weighted by molar-refractivity contribution is 0.0691. The Morgan fingerprint density at radius 1 is 1.05 bits per heavy atom. The summed E-state index contributed by atoms with van der Waals surface area (Å²) in [5.74, 6) is 0.122. The highest BCUT2D eigenvalue weighted by Gasteiger charge is 2.20. The van der Waals surface area contributed by atoms with Crippen molar-refractivity contribution in [1.82, 2.24) is 0 Å². The van der Waals surface area contributed by atoms with Crippen molar-refractivity contribution in [2.24, 2.45) is 0 Å². The lowest BCUT2D eigenvalue weighted by Gasteiger charge is -2.20. The molecule has 0 fully saturated rings. The zero-order valence-electron chi connectivity index (χ0n) is 11.2. The second-order valence-corrected chi connectivity index (χ2v) is 4.70. The molecule has 0 saturated heterocycles. The molecule has 21 heavy (non-hydrogen) atoms. The predicted molar refractivity (Wildman–Crippen MR) is 74.9 cm³/mol. The average Bonchev–Trinajstić information content (AvgIpc) is 2.53. The number of carbonyl (C=O) groups is 1. The molecule has 1 unspecified atom stereocenters. The largest absolute Gasteiger partial charge is 0.486 e. The van der Waals surface area contributed by atoms with Crippen molar-refractivity contribution >= 4 is 5.97 Å². The number of rotatable bonds is 3. The van der Waals surface area contributed by atoms with Crippen molar-refractivity contribution in [2.75, 3.05) is 13.2 Å². The van der Waals surface area contributed by atoms with Crippen molar-refractivity contribution in [3.8, 4) is 11.5 Å². The Labute approximate surface area is 121 Å². The van der Waals surface area contributed by atoms with Gasteiger partial charge in [-0.25, -0.2) is 4.79 Å². The Morgan fingerprint density at radius 2 is 1.76 bits per heavy atom. The summed E-state index contributed by atoms with van der Waals surface area (Å²) >= 11 is 0. The van der Waals surface area contributed by atoms with Crippen molar-refractivity contribution in [2.45, 2.75) is 6.10 Å². The van der Waals surface area contributed by atoms with Crippen molar-refractivity contribution < 1.29 is 24.5 Å². The molecule has 0 spiro atoms. The monoisotopic (exact) mass is 286 g/mol. The number of hydrogen-bond acceptors (Lipinski definition) is 4. The molecule has 1 heterocycles. The van der Waals surface area contributed by atoms with Gasteiger partial charge in [0.25, 0.3) is 0 Å². The second-order valence-electron chi connectivity index (χ2n) is 4.70. The standard InChI is InChI=1S/C16H14O5/c17-15(11-3-1-2-4-12(11)16(18)19)10-5-6-13-14(9-10)21-8-7-20-13/h1-6,9,15,17H,7-8H2,(H,18,19). The number of aliphatic hydroxyl groups excluding tert-OH is 1. The molecule has 3 rings (SSSR count). The number of fused-ring (bicyclic) bond motifs is 1. The summed E-state index contributed by atoms with van der Waals surface area (Å²) in [4.78, 5) is 11.2. The fourth-order valence-electron chi connectivity index (χ4n) is 2.34. The summed E-state index contributed by atoms with van der Waals surface area (Å²) in [6.45, 7) is 0.953. The van der Waals surface area contributed by atoms with Crippen LogP contribution in [0.4, 0.5) is 0 Å². The molecule has 108 valence electrons. The van der Waals surface area contributed by atoms with Crippen LogP contribution in [0.25, 0.3) is 0 Å². The third-order valence-corrected chi connectivity index (χ3v) is 3.37. The van der Waals surface area contributed by atoms with E-state index >= 15 is 0 Å². The molecule has 5 heteroatoms. The summed E-state index contributed by atoms with van der Waals surface area (Å²) < 4.78 is 10.9. The Kier molecular flexibility index (Phi) is 3.50. The molecule has 0 aliphatic carbocycles. The van der Waals surface area contributed by atoms with E-state index in [2.05, 4.69) is 0 Å². The summed E-state index contributed by atoms with van der Waals surface area (Å²) in [6.07, 6.45) is -1.03. The maximum atomic E-state index is 11.2. The summed E-state index contributed by atoms with van der Waals surface area (Å²) in [5.41, 5.74) is 0.995. The number of ether oxygens (including phenoxy) is 2. The second kappa shape index (κ2) is 5.46. The SMILES string of the molecule is O=C(O)c1ccccc1C(O)c1ccc2c(c1)OCCO2. The predicted octanol–water partition coefficient (Wildman–Crippen LogP) is 2.24. The van der Waals surface area contributed by atoms with Gasteiger partial charge < -0.3 is 19.7 Å². The van der Waals surface area contributed by atoms with Gasteiger partial charge in [0, 0.05) is 0 Å². The van der Waals surface area contributed by atoms with Gasteiger partial charge in [-0.1, -0.05) is 24.3 Å². The summed E-state index contributed by atoms with van der Waals surface area (Å²) in [6, 6.07) is 11.5. The smallest absolute Gasteiger partial charge is 0.336 e. The average molecular weight is 286 g/mol. The van der Waals surface area contributed by atoms with Crippen LogP contribution in [0.15, 0.2) is 42.5 Å². The van der Waals surface area contributed by atoms with E-state index < -0.39 is 12.1 Å². The highest BCUT2D eigenvalue weighted by Crippen LogP contribution is 2.34. The van der Waals surface area contributed by atoms with Crippen molar-refractivity contribution in [3.05, 3.63) is 59.2 Å². The van der Waals surface area contributed by atoms with Gasteiger partial charge >= 0.3 is 5.97 Å². The molecule has 2 aromatic carbocycles. The normalized spacial score (nSPS) is 14.5. The van der Waals surface area contributed by atoms with Crippen molar-refractivity contribution in [1.29, 1.82) is 0 Å². The van der Waals surface area contributed by atoms with E-state index in [4.69, 9.17) is 9.47 Å². The number of benzene rings is 2. The van der Waals surface area contributed by atoms with E-state index in [9.17, 15) is 15.0 Å². The zero-order valence-corrected chi connectivity index (χ0v) is 11.2. The number of hydrogen-bond donors (Lipinski definition) is 2. The summed E-state index contributed by atoms with van der Waals surface area (Å²) in [7, 11) is 0. The lowest BCUT2D eigenvalue weighted by Crippen LogP contribution is -2.16. The van der Waals surface area contributed by atoms with Crippen LogP contribution in [0.1, 0.15) is 27.6 Å². The van der Waals surface area contributed by atoms with Crippen LogP contribution in [0, 0.1) is 0 Å². The van der Waals surface area contributed by atoms with E-state index in [1.807, 2.05) is 0 Å². The van der Waals surface area contributed by atoms with E-state index in [1.54, 1.807) is 36.4 Å². The molecule has 0 amide bonds. The minimum absolute atomic E-state index is 0.0832. The Hall–Kier alpha value is -2.53. The Morgan fingerprint density at radius 3 is 2.52 bits per heavy atom. The van der Waals surface area contributed by atoms with E-state index in [1.165, 1.54) is 6.07 Å².